The topological polar surface area (TPSA) is 364 Å². The molecule has 0 radical (unpaired) electrons. The van der Waals surface area contributed by atoms with Crippen molar-refractivity contribution >= 4 is 11.9 Å². The summed E-state index contributed by atoms with van der Waals surface area (Å²) in [6.45, 7) is -4.37. The highest BCUT2D eigenvalue weighted by atomic mass is 16.8. The zero-order valence-corrected chi connectivity index (χ0v) is 23.5. The summed E-state index contributed by atoms with van der Waals surface area (Å²) in [5.74, 6) is -12.3. The van der Waals surface area contributed by atoms with Crippen LogP contribution >= 0.6 is 0 Å². The molecule has 0 saturated carbocycles. The molecule has 14 N–H and O–H groups in total. The third-order valence-corrected chi connectivity index (χ3v) is 7.90. The van der Waals surface area contributed by atoms with Crippen LogP contribution in [0.25, 0.3) is 0 Å². The van der Waals surface area contributed by atoms with E-state index in [9.17, 15) is 81.1 Å². The molecule has 3 aliphatic rings. The minimum Gasteiger partial charge on any atom is -0.477 e. The van der Waals surface area contributed by atoms with Crippen LogP contribution in [0.5, 0.6) is 0 Å². The van der Waals surface area contributed by atoms with Crippen molar-refractivity contribution < 1.29 is 105 Å². The highest BCUT2D eigenvalue weighted by Gasteiger charge is 2.59. The smallest absolute Gasteiger partial charge is 0.364 e. The van der Waals surface area contributed by atoms with Gasteiger partial charge in [-0.3, -0.25) is 0 Å². The Balaban J connectivity index is 1.86. The number of aliphatic carboxylic acids is 2. The fraction of sp³-hybridized carbons (Fsp3) is 0.917. The lowest BCUT2D eigenvalue weighted by Gasteiger charge is -2.49. The second kappa shape index (κ2) is 14.6. The number of hydrogen-bond donors (Lipinski definition) is 14. The van der Waals surface area contributed by atoms with Crippen LogP contribution in [0.4, 0.5) is 0 Å². The molecule has 0 aliphatic carbocycles. The van der Waals surface area contributed by atoms with Crippen molar-refractivity contribution in [3.63, 3.8) is 0 Å². The Morgan fingerprint density at radius 3 is 1.60 bits per heavy atom. The van der Waals surface area contributed by atoms with Gasteiger partial charge in [-0.1, -0.05) is 0 Å². The number of aliphatic hydroxyl groups excluding tert-OH is 11. The van der Waals surface area contributed by atoms with E-state index in [1.807, 2.05) is 0 Å². The summed E-state index contributed by atoms with van der Waals surface area (Å²) in [6, 6.07) is 0. The van der Waals surface area contributed by atoms with Crippen molar-refractivity contribution in [1.29, 1.82) is 0 Å². The van der Waals surface area contributed by atoms with Crippen LogP contribution in [0, 0.1) is 0 Å². The molecule has 3 rings (SSSR count). The molecule has 0 unspecified atom stereocenters. The van der Waals surface area contributed by atoms with E-state index in [1.54, 1.807) is 0 Å². The molecule has 0 aromatic rings. The molecule has 0 spiro atoms. The molecule has 3 fully saturated rings. The Bertz CT molecular complexity index is 1020. The van der Waals surface area contributed by atoms with Gasteiger partial charge < -0.3 is 95.2 Å². The number of rotatable bonds is 13. The van der Waals surface area contributed by atoms with Gasteiger partial charge >= 0.3 is 11.9 Å². The van der Waals surface area contributed by atoms with E-state index < -0.39 is 148 Å². The van der Waals surface area contributed by atoms with Gasteiger partial charge in [-0.25, -0.2) is 9.59 Å². The van der Waals surface area contributed by atoms with Crippen LogP contribution in [0.15, 0.2) is 0 Å². The van der Waals surface area contributed by atoms with Gasteiger partial charge in [0.25, 0.3) is 11.6 Å². The molecule has 15 atom stereocenters. The number of hydrogen-bond acceptors (Lipinski definition) is 19. The average Bonchev–Trinajstić information content (AvgIpc) is 2.99. The molecular formula is C24H40O21. The number of ether oxygens (including phenoxy) is 5. The third kappa shape index (κ3) is 7.71. The fourth-order valence-electron chi connectivity index (χ4n) is 5.38. The SMILES string of the molecule is O=C(O)[C@@]1(O[C@@H]2C[C@](O)(CO)O[C@H]([C@H](O)CO)[C@@H]2O)C[C@@H](O)[C@@H](O)[C@@H]([C@H](O)CO[C@]2(C(=O)O)C[C@@H](O)[C@@H](O)[C@@H]([C@H](O)CO)O2)O1. The zero-order valence-electron chi connectivity index (χ0n) is 23.5. The Hall–Kier alpha value is -1.74. The molecule has 0 amide bonds. The summed E-state index contributed by atoms with van der Waals surface area (Å²) in [6.07, 6.45) is -26.5. The lowest BCUT2D eigenvalue weighted by molar-refractivity contribution is -0.379. The second-order valence-corrected chi connectivity index (χ2v) is 11.2. The van der Waals surface area contributed by atoms with Crippen LogP contribution < -0.4 is 0 Å². The first-order valence-electron chi connectivity index (χ1n) is 13.7. The van der Waals surface area contributed by atoms with E-state index >= 15 is 0 Å². The Kier molecular flexibility index (Phi) is 12.2. The number of carbonyl (C=O) groups is 2. The van der Waals surface area contributed by atoms with Gasteiger partial charge in [0.1, 0.15) is 54.9 Å². The van der Waals surface area contributed by atoms with Crippen molar-refractivity contribution in [2.75, 3.05) is 26.4 Å². The summed E-state index contributed by atoms with van der Waals surface area (Å²) in [7, 11) is 0. The largest absolute Gasteiger partial charge is 0.477 e. The van der Waals surface area contributed by atoms with Crippen LogP contribution in [-0.2, 0) is 33.3 Å². The third-order valence-electron chi connectivity index (χ3n) is 7.90. The maximum absolute atomic E-state index is 12.5. The van der Waals surface area contributed by atoms with E-state index in [0.29, 0.717) is 0 Å². The van der Waals surface area contributed by atoms with Crippen LogP contribution in [-0.4, -0.2) is 200 Å². The lowest BCUT2D eigenvalue weighted by atomic mass is 9.90. The van der Waals surface area contributed by atoms with Crippen LogP contribution in [0.1, 0.15) is 19.3 Å². The maximum Gasteiger partial charge on any atom is 0.364 e. The summed E-state index contributed by atoms with van der Waals surface area (Å²) in [5.41, 5.74) is 0. The normalized spacial score (nSPS) is 44.6. The van der Waals surface area contributed by atoms with Crippen molar-refractivity contribution in [1.82, 2.24) is 0 Å². The quantitative estimate of drug-likeness (QED) is 0.0868. The van der Waals surface area contributed by atoms with Gasteiger partial charge in [0.05, 0.1) is 44.7 Å². The predicted octanol–water partition coefficient (Wildman–Crippen LogP) is -8.13. The molecule has 262 valence electrons. The fourth-order valence-corrected chi connectivity index (χ4v) is 5.38. The van der Waals surface area contributed by atoms with E-state index in [2.05, 4.69) is 0 Å². The molecule has 45 heavy (non-hydrogen) atoms. The van der Waals surface area contributed by atoms with E-state index in [-0.39, 0.29) is 0 Å². The van der Waals surface area contributed by atoms with Gasteiger partial charge in [-0.15, -0.1) is 0 Å². The molecule has 0 bridgehead atoms. The van der Waals surface area contributed by atoms with Gasteiger partial charge in [0.2, 0.25) is 0 Å². The van der Waals surface area contributed by atoms with Gasteiger partial charge in [-0.2, -0.15) is 0 Å². The highest BCUT2D eigenvalue weighted by molar-refractivity contribution is 5.76. The monoisotopic (exact) mass is 664 g/mol. The van der Waals surface area contributed by atoms with Gasteiger partial charge in [0.15, 0.2) is 5.79 Å². The number of carboxylic acid groups (broad SMARTS) is 2. The highest BCUT2D eigenvalue weighted by Crippen LogP contribution is 2.39. The first kappa shape index (κ1) is 37.7. The molecule has 3 heterocycles. The number of carboxylic acids is 2. The lowest BCUT2D eigenvalue weighted by Crippen LogP contribution is -2.67. The summed E-state index contributed by atoms with van der Waals surface area (Å²) in [5, 5.41) is 141. The Morgan fingerprint density at radius 1 is 0.689 bits per heavy atom. The van der Waals surface area contributed by atoms with Crippen molar-refractivity contribution in [2.24, 2.45) is 0 Å². The van der Waals surface area contributed by atoms with Crippen molar-refractivity contribution in [3.05, 3.63) is 0 Å². The minimum atomic E-state index is -3.03. The standard InChI is InChI=1S/C24H40O21/c25-4-10(30)17-14(33)8(28)1-23(44-17,20(36)37)41-6-12(32)19-15(34)9(29)2-24(45-19,21(38)39)42-13-3-22(40,7-27)43-18(16(13)35)11(31)5-26/h8-19,25-35,40H,1-7H2,(H,36,37)(H,38,39)/t8-,9-,10-,11-,12-,13-,14-,15-,16-,17-,18-,19-,22-,23-,24-/m1/s1. The van der Waals surface area contributed by atoms with Crippen molar-refractivity contribution in [3.8, 4) is 0 Å². The van der Waals surface area contributed by atoms with E-state index in [0.717, 1.165) is 0 Å². The summed E-state index contributed by atoms with van der Waals surface area (Å²) >= 11 is 0. The maximum atomic E-state index is 12.5. The van der Waals surface area contributed by atoms with Crippen LogP contribution in [0.3, 0.4) is 0 Å². The van der Waals surface area contributed by atoms with Gasteiger partial charge in [0, 0.05) is 19.3 Å². The Labute approximate surface area is 253 Å². The Morgan fingerprint density at radius 2 is 1.13 bits per heavy atom. The predicted molar refractivity (Wildman–Crippen MR) is 134 cm³/mol. The minimum absolute atomic E-state index is 0.847. The van der Waals surface area contributed by atoms with Crippen molar-refractivity contribution in [2.45, 2.75) is 110 Å². The summed E-state index contributed by atoms with van der Waals surface area (Å²) < 4.78 is 26.3. The molecular weight excluding hydrogens is 624 g/mol. The molecule has 3 saturated heterocycles. The molecule has 21 heteroatoms. The zero-order chi connectivity index (χ0) is 34.1. The number of aliphatic hydroxyl groups is 12. The molecule has 0 aromatic heterocycles. The van der Waals surface area contributed by atoms with Gasteiger partial charge in [-0.05, 0) is 0 Å². The first-order chi connectivity index (χ1) is 20.9. The van der Waals surface area contributed by atoms with Crippen LogP contribution in [0.2, 0.25) is 0 Å². The van der Waals surface area contributed by atoms with E-state index in [1.165, 1.54) is 0 Å². The average molecular weight is 665 g/mol. The van der Waals surface area contributed by atoms with E-state index in [4.69, 9.17) is 23.7 Å². The molecule has 21 nitrogen and oxygen atoms in total. The second-order valence-electron chi connectivity index (χ2n) is 11.2. The first-order valence-corrected chi connectivity index (χ1v) is 13.7. The summed E-state index contributed by atoms with van der Waals surface area (Å²) in [4.78, 5) is 24.6. The molecule has 3 aliphatic heterocycles. The molecule has 0 aromatic carbocycles.